The molecule has 0 unspecified atom stereocenters. The van der Waals surface area contributed by atoms with Crippen LogP contribution in [0.4, 0.5) is 0 Å². The Morgan fingerprint density at radius 2 is 2.00 bits per heavy atom. The monoisotopic (exact) mass is 219 g/mol. The molecule has 1 heterocycles. The number of aliphatic hydroxyl groups excluding tert-OH is 1. The minimum absolute atomic E-state index is 0.195. The summed E-state index contributed by atoms with van der Waals surface area (Å²) in [5.41, 5.74) is 1.35. The van der Waals surface area contributed by atoms with Crippen LogP contribution in [0.3, 0.4) is 0 Å². The lowest BCUT2D eigenvalue weighted by Crippen LogP contribution is -2.48. The van der Waals surface area contributed by atoms with E-state index in [-0.39, 0.29) is 6.10 Å². The molecule has 2 nitrogen and oxygen atoms in total. The van der Waals surface area contributed by atoms with Gasteiger partial charge >= 0.3 is 0 Å². The summed E-state index contributed by atoms with van der Waals surface area (Å²) in [5, 5.41) is 10.1. The molecular formula is C14H21NO. The van der Waals surface area contributed by atoms with Crippen LogP contribution >= 0.6 is 0 Å². The van der Waals surface area contributed by atoms with Crippen LogP contribution in [-0.2, 0) is 0 Å². The van der Waals surface area contributed by atoms with E-state index in [1.807, 2.05) is 6.07 Å². The van der Waals surface area contributed by atoms with Gasteiger partial charge in [0.1, 0.15) is 0 Å². The molecule has 1 aromatic carbocycles. The smallest absolute Gasteiger partial charge is 0.0699 e. The Balaban J connectivity index is 2.13. The van der Waals surface area contributed by atoms with E-state index in [2.05, 4.69) is 43.0 Å². The molecule has 1 aliphatic rings. The Morgan fingerprint density at radius 1 is 1.31 bits per heavy atom. The van der Waals surface area contributed by atoms with Gasteiger partial charge in [-0.15, -0.1) is 0 Å². The molecule has 16 heavy (non-hydrogen) atoms. The Bertz CT molecular complexity index is 325. The largest absolute Gasteiger partial charge is 0.391 e. The zero-order chi connectivity index (χ0) is 11.5. The average molecular weight is 219 g/mol. The molecule has 1 aliphatic heterocycles. The number of nitrogens with zero attached hydrogens (tertiary/aromatic N) is 1. The molecule has 0 spiro atoms. The number of likely N-dealkylation sites (N-methyl/N-ethyl adjacent to an activating group) is 1. The fourth-order valence-corrected chi connectivity index (χ4v) is 2.64. The molecule has 0 aliphatic carbocycles. The van der Waals surface area contributed by atoms with Gasteiger partial charge in [-0.3, -0.25) is 4.90 Å². The fourth-order valence-electron chi connectivity index (χ4n) is 2.64. The maximum atomic E-state index is 10.1. The minimum atomic E-state index is -0.195. The number of piperidine rings is 1. The predicted octanol–water partition coefficient (Wildman–Crippen LogP) is 2.25. The lowest BCUT2D eigenvalue weighted by molar-refractivity contribution is 0.0125. The van der Waals surface area contributed by atoms with Crippen molar-refractivity contribution in [2.75, 3.05) is 13.1 Å². The van der Waals surface area contributed by atoms with Crippen LogP contribution < -0.4 is 0 Å². The Labute approximate surface area is 97.9 Å². The van der Waals surface area contributed by atoms with Gasteiger partial charge in [-0.1, -0.05) is 37.3 Å². The normalized spacial score (nSPS) is 31.6. The highest BCUT2D eigenvalue weighted by Gasteiger charge is 2.31. The highest BCUT2D eigenvalue weighted by molar-refractivity contribution is 5.21. The molecule has 0 amide bonds. The number of rotatable bonds is 2. The van der Waals surface area contributed by atoms with Crippen molar-refractivity contribution < 1.29 is 5.11 Å². The van der Waals surface area contributed by atoms with E-state index in [1.54, 1.807) is 0 Å². The van der Waals surface area contributed by atoms with Gasteiger partial charge in [-0.2, -0.15) is 0 Å². The van der Waals surface area contributed by atoms with Gasteiger partial charge in [0.2, 0.25) is 0 Å². The fraction of sp³-hybridized carbons (Fsp3) is 0.571. The summed E-state index contributed by atoms with van der Waals surface area (Å²) in [4.78, 5) is 2.37. The zero-order valence-electron chi connectivity index (χ0n) is 10.1. The molecule has 1 saturated heterocycles. The van der Waals surface area contributed by atoms with Gasteiger partial charge < -0.3 is 5.11 Å². The summed E-state index contributed by atoms with van der Waals surface area (Å²) in [7, 11) is 0. The van der Waals surface area contributed by atoms with Gasteiger partial charge in [0.25, 0.3) is 0 Å². The van der Waals surface area contributed by atoms with E-state index >= 15 is 0 Å². The first-order valence-electron chi connectivity index (χ1n) is 6.19. The number of benzene rings is 1. The summed E-state index contributed by atoms with van der Waals surface area (Å²) < 4.78 is 0. The van der Waals surface area contributed by atoms with E-state index in [1.165, 1.54) is 5.56 Å². The van der Waals surface area contributed by atoms with Crippen molar-refractivity contribution in [3.8, 4) is 0 Å². The second kappa shape index (κ2) is 4.98. The molecular weight excluding hydrogens is 198 g/mol. The van der Waals surface area contributed by atoms with Crippen molar-refractivity contribution in [3.63, 3.8) is 0 Å². The van der Waals surface area contributed by atoms with E-state index in [0.717, 1.165) is 19.5 Å². The molecule has 88 valence electrons. The molecule has 3 atom stereocenters. The third kappa shape index (κ3) is 2.28. The quantitative estimate of drug-likeness (QED) is 0.824. The maximum absolute atomic E-state index is 10.1. The van der Waals surface area contributed by atoms with Crippen molar-refractivity contribution in [2.45, 2.75) is 38.3 Å². The molecule has 1 aromatic rings. The van der Waals surface area contributed by atoms with E-state index in [9.17, 15) is 5.11 Å². The first-order valence-corrected chi connectivity index (χ1v) is 6.19. The molecule has 2 heteroatoms. The summed E-state index contributed by atoms with van der Waals surface area (Å²) in [5.74, 6) is 0.479. The van der Waals surface area contributed by atoms with Gasteiger partial charge in [-0.25, -0.2) is 0 Å². The number of aliphatic hydroxyl groups is 1. The summed E-state index contributed by atoms with van der Waals surface area (Å²) in [6, 6.07) is 10.8. The van der Waals surface area contributed by atoms with Crippen molar-refractivity contribution >= 4 is 0 Å². The lowest BCUT2D eigenvalue weighted by Gasteiger charge is -2.40. The third-order valence-electron chi connectivity index (χ3n) is 3.79. The Kier molecular flexibility index (Phi) is 3.62. The second-order valence-electron chi connectivity index (χ2n) is 4.74. The van der Waals surface area contributed by atoms with E-state index < -0.39 is 0 Å². The van der Waals surface area contributed by atoms with Crippen LogP contribution in [0.25, 0.3) is 0 Å². The van der Waals surface area contributed by atoms with Crippen molar-refractivity contribution in [3.05, 3.63) is 35.9 Å². The van der Waals surface area contributed by atoms with Crippen LogP contribution in [0.15, 0.2) is 30.3 Å². The van der Waals surface area contributed by atoms with Crippen LogP contribution in [0, 0.1) is 0 Å². The molecule has 0 aromatic heterocycles. The molecule has 1 N–H and O–H groups in total. The first-order chi connectivity index (χ1) is 7.72. The van der Waals surface area contributed by atoms with Crippen molar-refractivity contribution in [1.29, 1.82) is 0 Å². The number of likely N-dealkylation sites (tertiary alicyclic amines) is 1. The molecule has 0 bridgehead atoms. The Morgan fingerprint density at radius 3 is 2.62 bits per heavy atom. The third-order valence-corrected chi connectivity index (χ3v) is 3.79. The van der Waals surface area contributed by atoms with Crippen LogP contribution in [0.2, 0.25) is 0 Å². The first kappa shape index (κ1) is 11.6. The predicted molar refractivity (Wildman–Crippen MR) is 66.5 cm³/mol. The van der Waals surface area contributed by atoms with Gasteiger partial charge in [0.05, 0.1) is 6.10 Å². The summed E-state index contributed by atoms with van der Waals surface area (Å²) in [6.45, 7) is 6.37. The van der Waals surface area contributed by atoms with Gasteiger partial charge in [0, 0.05) is 12.6 Å². The lowest BCUT2D eigenvalue weighted by atomic mass is 9.86. The maximum Gasteiger partial charge on any atom is 0.0699 e. The highest BCUT2D eigenvalue weighted by atomic mass is 16.3. The second-order valence-corrected chi connectivity index (χ2v) is 4.74. The highest BCUT2D eigenvalue weighted by Crippen LogP contribution is 2.29. The zero-order valence-corrected chi connectivity index (χ0v) is 10.1. The molecule has 0 saturated carbocycles. The number of hydrogen-bond donors (Lipinski definition) is 1. The van der Waals surface area contributed by atoms with Crippen molar-refractivity contribution in [1.82, 2.24) is 4.90 Å². The SMILES string of the molecule is CCN1C[C@H](c2ccccc2)C[C@H](O)[C@H]1C. The molecule has 0 radical (unpaired) electrons. The average Bonchev–Trinajstić information content (AvgIpc) is 2.33. The summed E-state index contributed by atoms with van der Waals surface area (Å²) in [6.07, 6.45) is 0.695. The van der Waals surface area contributed by atoms with E-state index in [0.29, 0.717) is 12.0 Å². The van der Waals surface area contributed by atoms with E-state index in [4.69, 9.17) is 0 Å². The Hall–Kier alpha value is -0.860. The van der Waals surface area contributed by atoms with Crippen LogP contribution in [0.1, 0.15) is 31.7 Å². The van der Waals surface area contributed by atoms with Crippen LogP contribution in [0.5, 0.6) is 0 Å². The van der Waals surface area contributed by atoms with Gasteiger partial charge in [0.15, 0.2) is 0 Å². The standard InChI is InChI=1S/C14H21NO/c1-3-15-10-13(9-14(16)11(15)2)12-7-5-4-6-8-12/h4-8,11,13-14,16H,3,9-10H2,1-2H3/t11-,13-,14+/m1/s1. The minimum Gasteiger partial charge on any atom is -0.391 e. The van der Waals surface area contributed by atoms with Gasteiger partial charge in [-0.05, 0) is 31.4 Å². The number of hydrogen-bond acceptors (Lipinski definition) is 2. The molecule has 2 rings (SSSR count). The van der Waals surface area contributed by atoms with Crippen LogP contribution in [-0.4, -0.2) is 35.2 Å². The molecule has 1 fully saturated rings. The topological polar surface area (TPSA) is 23.5 Å². The summed E-state index contributed by atoms with van der Waals surface area (Å²) >= 11 is 0. The van der Waals surface area contributed by atoms with Crippen molar-refractivity contribution in [2.24, 2.45) is 0 Å².